The molecule has 0 saturated heterocycles. The SMILES string of the molecule is C=CCC(F)(F)C(F)(F)F.C=CCC(O)(C(F)(F)F)C(F)(F)F. The first-order valence-corrected chi connectivity index (χ1v) is 5.39. The van der Waals surface area contributed by atoms with Gasteiger partial charge in [-0.2, -0.15) is 48.3 Å². The van der Waals surface area contributed by atoms with Crippen molar-refractivity contribution in [2.24, 2.45) is 0 Å². The zero-order chi connectivity index (χ0) is 19.3. The van der Waals surface area contributed by atoms with Crippen molar-refractivity contribution in [3.8, 4) is 0 Å². The molecule has 0 unspecified atom stereocenters. The van der Waals surface area contributed by atoms with E-state index in [9.17, 15) is 48.3 Å². The summed E-state index contributed by atoms with van der Waals surface area (Å²) in [4.78, 5) is 0. The molecule has 0 rings (SSSR count). The van der Waals surface area contributed by atoms with Crippen LogP contribution in [0.2, 0.25) is 0 Å². The first-order valence-electron chi connectivity index (χ1n) is 5.39. The summed E-state index contributed by atoms with van der Waals surface area (Å²) in [5, 5.41) is 8.36. The van der Waals surface area contributed by atoms with E-state index in [0.717, 1.165) is 0 Å². The summed E-state index contributed by atoms with van der Waals surface area (Å²) in [7, 11) is 0. The van der Waals surface area contributed by atoms with Gasteiger partial charge in [-0.25, -0.2) is 0 Å². The first-order chi connectivity index (χ1) is 9.87. The second kappa shape index (κ2) is 7.49. The first kappa shape index (κ1) is 23.9. The number of hydrogen-bond acceptors (Lipinski definition) is 1. The average molecular weight is 368 g/mol. The molecule has 0 fully saturated rings. The number of rotatable bonds is 4. The molecule has 0 bridgehead atoms. The zero-order valence-electron chi connectivity index (χ0n) is 11.1. The molecule has 23 heavy (non-hydrogen) atoms. The highest BCUT2D eigenvalue weighted by molar-refractivity contribution is 4.98. The van der Waals surface area contributed by atoms with Crippen molar-refractivity contribution in [2.75, 3.05) is 0 Å². The van der Waals surface area contributed by atoms with E-state index in [1.165, 1.54) is 0 Å². The molecule has 0 atom stereocenters. The molecule has 1 nitrogen and oxygen atoms in total. The maximum atomic E-state index is 11.8. The Hall–Kier alpha value is -1.33. The monoisotopic (exact) mass is 368 g/mol. The van der Waals surface area contributed by atoms with Gasteiger partial charge in [-0.1, -0.05) is 12.2 Å². The van der Waals surface area contributed by atoms with Crippen LogP contribution in [0.4, 0.5) is 48.3 Å². The average Bonchev–Trinajstić information content (AvgIpc) is 2.25. The van der Waals surface area contributed by atoms with Gasteiger partial charge in [0.05, 0.1) is 0 Å². The van der Waals surface area contributed by atoms with Gasteiger partial charge >= 0.3 is 24.5 Å². The number of alkyl halides is 11. The smallest absolute Gasteiger partial charge is 0.373 e. The van der Waals surface area contributed by atoms with Crippen LogP contribution in [0.5, 0.6) is 0 Å². The van der Waals surface area contributed by atoms with Gasteiger partial charge in [0, 0.05) is 12.8 Å². The van der Waals surface area contributed by atoms with E-state index in [1.807, 2.05) is 0 Å². The van der Waals surface area contributed by atoms with Gasteiger partial charge < -0.3 is 5.11 Å². The molecular weight excluding hydrogens is 357 g/mol. The van der Waals surface area contributed by atoms with Crippen molar-refractivity contribution >= 4 is 0 Å². The van der Waals surface area contributed by atoms with Crippen molar-refractivity contribution in [1.82, 2.24) is 0 Å². The molecule has 0 aliphatic rings. The van der Waals surface area contributed by atoms with Gasteiger partial charge in [-0.05, 0) is 0 Å². The van der Waals surface area contributed by atoms with Crippen molar-refractivity contribution in [3.63, 3.8) is 0 Å². The van der Waals surface area contributed by atoms with Gasteiger partial charge in [-0.3, -0.25) is 0 Å². The lowest BCUT2D eigenvalue weighted by Crippen LogP contribution is -2.56. The highest BCUT2D eigenvalue weighted by Crippen LogP contribution is 2.45. The number of halogens is 11. The van der Waals surface area contributed by atoms with Crippen molar-refractivity contribution in [2.45, 2.75) is 42.9 Å². The summed E-state index contributed by atoms with van der Waals surface area (Å²) in [5.41, 5.74) is -4.69. The van der Waals surface area contributed by atoms with E-state index in [2.05, 4.69) is 13.2 Å². The number of allylic oxidation sites excluding steroid dienone is 1. The van der Waals surface area contributed by atoms with Crippen LogP contribution >= 0.6 is 0 Å². The summed E-state index contributed by atoms with van der Waals surface area (Å²) in [5.74, 6) is -4.63. The van der Waals surface area contributed by atoms with Crippen LogP contribution in [-0.2, 0) is 0 Å². The third-order valence-electron chi connectivity index (χ3n) is 2.19. The number of hydrogen-bond donors (Lipinski definition) is 1. The third kappa shape index (κ3) is 6.36. The van der Waals surface area contributed by atoms with Crippen LogP contribution in [0, 0.1) is 0 Å². The van der Waals surface area contributed by atoms with Gasteiger partial charge in [0.1, 0.15) is 0 Å². The van der Waals surface area contributed by atoms with Crippen LogP contribution in [0.1, 0.15) is 12.8 Å². The molecule has 0 aromatic carbocycles. The maximum Gasteiger partial charge on any atom is 0.453 e. The summed E-state index contributed by atoms with van der Waals surface area (Å²) in [6.07, 6.45) is -19.0. The quantitative estimate of drug-likeness (QED) is 0.536. The lowest BCUT2D eigenvalue weighted by molar-refractivity contribution is -0.366. The molecule has 0 aliphatic heterocycles. The van der Waals surface area contributed by atoms with Crippen LogP contribution < -0.4 is 0 Å². The Morgan fingerprint density at radius 3 is 1.00 bits per heavy atom. The third-order valence-corrected chi connectivity index (χ3v) is 2.19. The molecule has 0 radical (unpaired) electrons. The van der Waals surface area contributed by atoms with E-state index in [1.54, 1.807) is 0 Å². The Bertz CT molecular complexity index is 374. The van der Waals surface area contributed by atoms with E-state index in [0.29, 0.717) is 12.2 Å². The minimum absolute atomic E-state index is 0.362. The topological polar surface area (TPSA) is 20.2 Å². The highest BCUT2D eigenvalue weighted by Gasteiger charge is 2.69. The molecule has 0 aliphatic carbocycles. The molecule has 0 aromatic heterocycles. The lowest BCUT2D eigenvalue weighted by atomic mass is 9.98. The fourth-order valence-corrected chi connectivity index (χ4v) is 0.898. The van der Waals surface area contributed by atoms with Gasteiger partial charge in [0.25, 0.3) is 5.60 Å². The summed E-state index contributed by atoms with van der Waals surface area (Å²) >= 11 is 0. The van der Waals surface area contributed by atoms with E-state index in [-0.39, 0.29) is 0 Å². The molecule has 12 heteroatoms. The van der Waals surface area contributed by atoms with Crippen molar-refractivity contribution < 1.29 is 53.4 Å². The summed E-state index contributed by atoms with van der Waals surface area (Å²) in [6.45, 7) is 5.49. The molecule has 0 aromatic rings. The Morgan fingerprint density at radius 1 is 0.609 bits per heavy atom. The zero-order valence-corrected chi connectivity index (χ0v) is 11.1. The predicted octanol–water partition coefficient (Wildman–Crippen LogP) is 5.18. The molecule has 138 valence electrons. The number of aliphatic hydroxyl groups is 1. The van der Waals surface area contributed by atoms with E-state index < -0.39 is 42.9 Å². The minimum Gasteiger partial charge on any atom is -0.373 e. The molecule has 1 N–H and O–H groups in total. The van der Waals surface area contributed by atoms with Crippen molar-refractivity contribution in [3.05, 3.63) is 25.3 Å². The Balaban J connectivity index is 0. The largest absolute Gasteiger partial charge is 0.453 e. The van der Waals surface area contributed by atoms with Crippen LogP contribution in [0.3, 0.4) is 0 Å². The van der Waals surface area contributed by atoms with Crippen LogP contribution in [0.15, 0.2) is 25.3 Å². The fraction of sp³-hybridized carbons (Fsp3) is 0.636. The normalized spacial score (nSPS) is 13.9. The second-order valence-corrected chi connectivity index (χ2v) is 4.04. The van der Waals surface area contributed by atoms with Crippen LogP contribution in [0.25, 0.3) is 0 Å². The predicted molar refractivity (Wildman–Crippen MR) is 57.7 cm³/mol. The summed E-state index contributed by atoms with van der Waals surface area (Å²) < 4.78 is 128. The Morgan fingerprint density at radius 2 is 0.913 bits per heavy atom. The maximum absolute atomic E-state index is 11.8. The lowest BCUT2D eigenvalue weighted by Gasteiger charge is -2.31. The van der Waals surface area contributed by atoms with Gasteiger partial charge in [0.2, 0.25) is 0 Å². The molecule has 0 heterocycles. The highest BCUT2D eigenvalue weighted by atomic mass is 19.4. The Labute approximate surface area is 123 Å². The fourth-order valence-electron chi connectivity index (χ4n) is 0.898. The van der Waals surface area contributed by atoms with E-state index >= 15 is 0 Å². The van der Waals surface area contributed by atoms with Crippen LogP contribution in [-0.4, -0.2) is 35.2 Å². The minimum atomic E-state index is -5.75. The molecule has 0 saturated carbocycles. The molecule has 0 amide bonds. The second-order valence-electron chi connectivity index (χ2n) is 4.04. The van der Waals surface area contributed by atoms with Crippen molar-refractivity contribution in [1.29, 1.82) is 0 Å². The standard InChI is InChI=1S/C6H6F6O.C5H5F5/c1-2-3-4(13,5(7,8)9)6(10,11)12;1-2-3-4(6,7)5(8,9)10/h2,13H,1,3H2;2H,1,3H2. The molecular formula is C11H11F11O. The van der Waals surface area contributed by atoms with Gasteiger partial charge in [0.15, 0.2) is 0 Å². The summed E-state index contributed by atoms with van der Waals surface area (Å²) in [6, 6.07) is 0. The van der Waals surface area contributed by atoms with Gasteiger partial charge in [-0.15, -0.1) is 13.2 Å². The Kier molecular flexibility index (Phi) is 7.80. The van der Waals surface area contributed by atoms with E-state index in [4.69, 9.17) is 5.11 Å². The molecule has 0 spiro atoms.